The summed E-state index contributed by atoms with van der Waals surface area (Å²) in [7, 11) is 0. The van der Waals surface area contributed by atoms with Crippen LogP contribution in [-0.4, -0.2) is 16.9 Å². The van der Waals surface area contributed by atoms with Crippen molar-refractivity contribution in [2.75, 3.05) is 0 Å². The van der Waals surface area contributed by atoms with Crippen LogP contribution in [0.5, 0.6) is 5.75 Å². The molecule has 0 saturated carbocycles. The maximum Gasteiger partial charge on any atom is 0.343 e. The monoisotopic (exact) mass is 414 g/mol. The van der Waals surface area contributed by atoms with Gasteiger partial charge < -0.3 is 16.2 Å². The quantitative estimate of drug-likeness (QED) is 0.215. The Morgan fingerprint density at radius 1 is 0.833 bits per heavy atom. The van der Waals surface area contributed by atoms with E-state index in [9.17, 15) is 4.79 Å². The third-order valence-electron chi connectivity index (χ3n) is 4.31. The van der Waals surface area contributed by atoms with Gasteiger partial charge in [0.2, 0.25) is 5.13 Å². The first-order chi connectivity index (χ1) is 14.6. The lowest BCUT2D eigenvalue weighted by Gasteiger charge is -2.06. The molecule has 0 aliphatic heterocycles. The van der Waals surface area contributed by atoms with E-state index in [0.29, 0.717) is 16.4 Å². The number of ether oxygens (including phenoxy) is 1. The van der Waals surface area contributed by atoms with Crippen LogP contribution in [0.4, 0.5) is 5.13 Å². The maximum absolute atomic E-state index is 12.5. The van der Waals surface area contributed by atoms with Crippen molar-refractivity contribution < 1.29 is 9.53 Å². The molecule has 0 aliphatic rings. The van der Waals surface area contributed by atoms with Gasteiger partial charge in [-0.2, -0.15) is 4.99 Å². The average molecular weight is 414 g/mol. The number of hydrogen-bond acceptors (Lipinski definition) is 5. The molecule has 0 radical (unpaired) electrons. The Morgan fingerprint density at radius 2 is 1.47 bits per heavy atom. The molecule has 4 rings (SSSR count). The van der Waals surface area contributed by atoms with Crippen LogP contribution in [-0.2, 0) is 0 Å². The van der Waals surface area contributed by atoms with Crippen LogP contribution >= 0.6 is 11.3 Å². The number of aliphatic imine (C=N–C) groups is 1. The van der Waals surface area contributed by atoms with Gasteiger partial charge in [0.1, 0.15) is 5.75 Å². The van der Waals surface area contributed by atoms with Crippen molar-refractivity contribution in [3.8, 4) is 28.1 Å². The molecule has 0 fully saturated rings. The number of rotatable bonds is 5. The summed E-state index contributed by atoms with van der Waals surface area (Å²) < 4.78 is 5.48. The minimum Gasteiger partial charge on any atom is -0.423 e. The second-order valence-electron chi connectivity index (χ2n) is 6.41. The lowest BCUT2D eigenvalue weighted by atomic mass is 10.0. The number of carbonyl (C=O) groups excluding carboxylic acids is 1. The van der Waals surface area contributed by atoms with Gasteiger partial charge in [-0.1, -0.05) is 42.5 Å². The lowest BCUT2D eigenvalue weighted by molar-refractivity contribution is 0.0735. The molecule has 0 atom stereocenters. The zero-order valence-corrected chi connectivity index (χ0v) is 16.7. The number of carbonyl (C=O) groups is 1. The molecule has 1 heterocycles. The van der Waals surface area contributed by atoms with Crippen molar-refractivity contribution in [2.24, 2.45) is 16.5 Å². The number of benzene rings is 3. The molecule has 0 amide bonds. The number of hydrogen-bond donors (Lipinski definition) is 2. The lowest BCUT2D eigenvalue weighted by Crippen LogP contribution is -2.21. The number of nitrogens with two attached hydrogens (primary N) is 2. The van der Waals surface area contributed by atoms with Crippen molar-refractivity contribution in [1.29, 1.82) is 0 Å². The summed E-state index contributed by atoms with van der Waals surface area (Å²) in [5.74, 6) is 0.0107. The van der Waals surface area contributed by atoms with Gasteiger partial charge in [0.25, 0.3) is 0 Å². The van der Waals surface area contributed by atoms with Gasteiger partial charge in [0.15, 0.2) is 5.96 Å². The SMILES string of the molecule is NC(N)=Nc1nc(-c2ccc(OC(=O)c3ccc(-c4ccccc4)cc3)cc2)cs1. The Hall–Kier alpha value is -3.97. The summed E-state index contributed by atoms with van der Waals surface area (Å²) in [6.45, 7) is 0. The van der Waals surface area contributed by atoms with Crippen LogP contribution < -0.4 is 16.2 Å². The Balaban J connectivity index is 1.43. The van der Waals surface area contributed by atoms with E-state index in [-0.39, 0.29) is 5.96 Å². The van der Waals surface area contributed by atoms with E-state index in [4.69, 9.17) is 16.2 Å². The highest BCUT2D eigenvalue weighted by Gasteiger charge is 2.10. The van der Waals surface area contributed by atoms with Crippen molar-refractivity contribution in [3.63, 3.8) is 0 Å². The fourth-order valence-electron chi connectivity index (χ4n) is 2.85. The molecule has 7 heteroatoms. The fourth-order valence-corrected chi connectivity index (χ4v) is 3.56. The number of thiazole rings is 1. The highest BCUT2D eigenvalue weighted by atomic mass is 32.1. The van der Waals surface area contributed by atoms with Gasteiger partial charge in [0.05, 0.1) is 11.3 Å². The second-order valence-corrected chi connectivity index (χ2v) is 7.25. The fraction of sp³-hybridized carbons (Fsp3) is 0. The van der Waals surface area contributed by atoms with Crippen molar-refractivity contribution >= 4 is 28.4 Å². The van der Waals surface area contributed by atoms with Crippen LogP contribution in [0, 0.1) is 0 Å². The summed E-state index contributed by atoms with van der Waals surface area (Å²) >= 11 is 1.34. The smallest absolute Gasteiger partial charge is 0.343 e. The zero-order valence-electron chi connectivity index (χ0n) is 15.9. The molecule has 0 bridgehead atoms. The maximum atomic E-state index is 12.5. The first kappa shape index (κ1) is 19.4. The van der Waals surface area contributed by atoms with Crippen LogP contribution in [0.2, 0.25) is 0 Å². The Morgan fingerprint density at radius 3 is 2.13 bits per heavy atom. The third kappa shape index (κ3) is 4.53. The van der Waals surface area contributed by atoms with E-state index in [1.54, 1.807) is 24.3 Å². The van der Waals surface area contributed by atoms with Gasteiger partial charge >= 0.3 is 5.97 Å². The third-order valence-corrected chi connectivity index (χ3v) is 5.04. The van der Waals surface area contributed by atoms with Gasteiger partial charge in [-0.05, 0) is 47.5 Å². The molecule has 0 saturated heterocycles. The van der Waals surface area contributed by atoms with Crippen molar-refractivity contribution in [1.82, 2.24) is 4.98 Å². The van der Waals surface area contributed by atoms with Crippen LogP contribution in [0.3, 0.4) is 0 Å². The Labute approximate surface area is 177 Å². The van der Waals surface area contributed by atoms with E-state index in [1.165, 1.54) is 11.3 Å². The molecule has 30 heavy (non-hydrogen) atoms. The van der Waals surface area contributed by atoms with Crippen molar-refractivity contribution in [2.45, 2.75) is 0 Å². The topological polar surface area (TPSA) is 104 Å². The van der Waals surface area contributed by atoms with Crippen LogP contribution in [0.1, 0.15) is 10.4 Å². The number of aromatic nitrogens is 1. The molecule has 0 spiro atoms. The van der Waals surface area contributed by atoms with Gasteiger partial charge in [-0.3, -0.25) is 0 Å². The average Bonchev–Trinajstić information content (AvgIpc) is 3.23. The summed E-state index contributed by atoms with van der Waals surface area (Å²) in [5.41, 5.74) is 15.0. The zero-order chi connectivity index (χ0) is 20.9. The second kappa shape index (κ2) is 8.59. The van der Waals surface area contributed by atoms with E-state index in [0.717, 1.165) is 22.4 Å². The Kier molecular flexibility index (Phi) is 5.54. The van der Waals surface area contributed by atoms with Crippen molar-refractivity contribution in [3.05, 3.63) is 89.8 Å². The number of esters is 1. The number of guanidine groups is 1. The first-order valence-corrected chi connectivity index (χ1v) is 10.00. The Bertz CT molecular complexity index is 1180. The van der Waals surface area contributed by atoms with Gasteiger partial charge in [0, 0.05) is 10.9 Å². The van der Waals surface area contributed by atoms with E-state index >= 15 is 0 Å². The predicted octanol–water partition coefficient (Wildman–Crippen LogP) is 4.60. The molecular weight excluding hydrogens is 396 g/mol. The van der Waals surface area contributed by atoms with Crippen LogP contribution in [0.15, 0.2) is 89.2 Å². The summed E-state index contributed by atoms with van der Waals surface area (Å²) in [4.78, 5) is 20.7. The molecule has 4 aromatic rings. The summed E-state index contributed by atoms with van der Waals surface area (Å²) in [5, 5.41) is 2.34. The molecule has 6 nitrogen and oxygen atoms in total. The minimum atomic E-state index is -0.411. The molecule has 0 aliphatic carbocycles. The minimum absolute atomic E-state index is 0.0324. The first-order valence-electron chi connectivity index (χ1n) is 9.12. The largest absolute Gasteiger partial charge is 0.423 e. The molecule has 148 valence electrons. The van der Waals surface area contributed by atoms with Gasteiger partial charge in [-0.25, -0.2) is 9.78 Å². The standard InChI is InChI=1S/C23H18N4O2S/c24-22(25)27-23-26-20(14-30-23)17-10-12-19(13-11-17)29-21(28)18-8-6-16(7-9-18)15-4-2-1-3-5-15/h1-14H,(H4,24,25,26,27). The summed E-state index contributed by atoms with van der Waals surface area (Å²) in [6.07, 6.45) is 0. The van der Waals surface area contributed by atoms with E-state index < -0.39 is 5.97 Å². The van der Waals surface area contributed by atoms with Gasteiger partial charge in [-0.15, -0.1) is 11.3 Å². The molecule has 1 aromatic heterocycles. The molecular formula is C23H18N4O2S. The summed E-state index contributed by atoms with van der Waals surface area (Å²) in [6, 6.07) is 24.4. The molecule has 4 N–H and O–H groups in total. The normalized spacial score (nSPS) is 10.4. The van der Waals surface area contributed by atoms with E-state index in [1.807, 2.05) is 60.0 Å². The number of nitrogens with zero attached hydrogens (tertiary/aromatic N) is 2. The highest BCUT2D eigenvalue weighted by Crippen LogP contribution is 2.28. The highest BCUT2D eigenvalue weighted by molar-refractivity contribution is 7.13. The predicted molar refractivity (Wildman–Crippen MR) is 120 cm³/mol. The molecule has 0 unspecified atom stereocenters. The molecule has 3 aromatic carbocycles. The van der Waals surface area contributed by atoms with E-state index in [2.05, 4.69) is 9.98 Å². The van der Waals surface area contributed by atoms with Crippen LogP contribution in [0.25, 0.3) is 22.4 Å².